The highest BCUT2D eigenvalue weighted by molar-refractivity contribution is 5.83. The van der Waals surface area contributed by atoms with Crippen molar-refractivity contribution in [3.63, 3.8) is 0 Å². The van der Waals surface area contributed by atoms with Gasteiger partial charge in [-0.25, -0.2) is 9.48 Å². The van der Waals surface area contributed by atoms with Crippen LogP contribution in [0.3, 0.4) is 0 Å². The van der Waals surface area contributed by atoms with Crippen molar-refractivity contribution in [1.82, 2.24) is 24.8 Å². The number of aromatic nitrogens is 5. The van der Waals surface area contributed by atoms with E-state index in [0.717, 1.165) is 4.68 Å². The Morgan fingerprint density at radius 3 is 2.86 bits per heavy atom. The number of anilines is 2. The maximum absolute atomic E-state index is 12.0. The average Bonchev–Trinajstić information content (AvgIpc) is 2.96. The Morgan fingerprint density at radius 2 is 2.24 bits per heavy atom. The molecule has 10 heteroatoms. The van der Waals surface area contributed by atoms with Gasteiger partial charge in [-0.15, -0.1) is 5.10 Å². The van der Waals surface area contributed by atoms with E-state index in [1.807, 2.05) is 0 Å². The van der Waals surface area contributed by atoms with Crippen molar-refractivity contribution in [3.05, 3.63) is 18.0 Å². The molecule has 112 valence electrons. The molecule has 10 nitrogen and oxygen atoms in total. The third-order valence-electron chi connectivity index (χ3n) is 2.44. The first-order valence-electron chi connectivity index (χ1n) is 6.19. The van der Waals surface area contributed by atoms with E-state index in [9.17, 15) is 9.59 Å². The van der Waals surface area contributed by atoms with Gasteiger partial charge in [-0.1, -0.05) is 5.21 Å². The van der Waals surface area contributed by atoms with Gasteiger partial charge in [0.1, 0.15) is 12.4 Å². The van der Waals surface area contributed by atoms with Crippen molar-refractivity contribution >= 4 is 23.6 Å². The van der Waals surface area contributed by atoms with Gasteiger partial charge in [0.15, 0.2) is 5.82 Å². The Morgan fingerprint density at radius 1 is 1.48 bits per heavy atom. The van der Waals surface area contributed by atoms with E-state index in [4.69, 9.17) is 10.5 Å². The van der Waals surface area contributed by atoms with Crippen LogP contribution >= 0.6 is 0 Å². The molecule has 3 N–H and O–H groups in total. The molecule has 0 aliphatic carbocycles. The van der Waals surface area contributed by atoms with Gasteiger partial charge in [-0.05, 0) is 13.8 Å². The second kappa shape index (κ2) is 6.03. The number of aryl methyl sites for hydroxylation is 1. The molecule has 0 fully saturated rings. The van der Waals surface area contributed by atoms with Crippen molar-refractivity contribution in [2.24, 2.45) is 0 Å². The molecule has 2 aromatic heterocycles. The highest BCUT2D eigenvalue weighted by Crippen LogP contribution is 2.06. The molecule has 1 amide bonds. The zero-order chi connectivity index (χ0) is 15.4. The van der Waals surface area contributed by atoms with Gasteiger partial charge in [0.25, 0.3) is 5.91 Å². The van der Waals surface area contributed by atoms with Crippen LogP contribution in [0, 0.1) is 6.92 Å². The lowest BCUT2D eigenvalue weighted by Gasteiger charge is -2.02. The Balaban J connectivity index is 2.00. The summed E-state index contributed by atoms with van der Waals surface area (Å²) in [6, 6.07) is 1.59. The molecule has 0 unspecified atom stereocenters. The fourth-order valence-electron chi connectivity index (χ4n) is 1.63. The molecule has 0 saturated carbocycles. The van der Waals surface area contributed by atoms with Crippen LogP contribution in [0.15, 0.2) is 12.3 Å². The summed E-state index contributed by atoms with van der Waals surface area (Å²) in [5, 5.41) is 13.8. The summed E-state index contributed by atoms with van der Waals surface area (Å²) in [5.74, 6) is 0.0709. The van der Waals surface area contributed by atoms with Crippen LogP contribution in [0.2, 0.25) is 0 Å². The van der Waals surface area contributed by atoms with E-state index in [1.54, 1.807) is 19.9 Å². The minimum absolute atomic E-state index is 0.108. The largest absolute Gasteiger partial charge is 0.450 e. The number of nitrogens with two attached hydrogens (primary N) is 1. The number of nitrogen functional groups attached to an aromatic ring is 1. The zero-order valence-corrected chi connectivity index (χ0v) is 11.6. The van der Waals surface area contributed by atoms with E-state index < -0.39 is 6.09 Å². The number of hydrogen-bond acceptors (Lipinski definition) is 7. The molecule has 0 aromatic carbocycles. The zero-order valence-electron chi connectivity index (χ0n) is 11.6. The molecule has 0 bridgehead atoms. The Labute approximate surface area is 119 Å². The molecule has 2 aromatic rings. The van der Waals surface area contributed by atoms with E-state index in [0.29, 0.717) is 5.69 Å². The van der Waals surface area contributed by atoms with Gasteiger partial charge in [0.05, 0.1) is 18.5 Å². The second-order valence-corrected chi connectivity index (χ2v) is 4.16. The lowest BCUT2D eigenvalue weighted by Crippen LogP contribution is -2.21. The third kappa shape index (κ3) is 3.55. The first kappa shape index (κ1) is 14.5. The number of ether oxygens (including phenoxy) is 1. The monoisotopic (exact) mass is 293 g/mol. The number of nitrogens with one attached hydrogen (secondary N) is 1. The van der Waals surface area contributed by atoms with Crippen LogP contribution < -0.4 is 11.1 Å². The molecular weight excluding hydrogens is 278 g/mol. The number of rotatable bonds is 4. The van der Waals surface area contributed by atoms with Crippen LogP contribution in [0.1, 0.15) is 17.4 Å². The first-order valence-corrected chi connectivity index (χ1v) is 6.19. The molecule has 2 heterocycles. The van der Waals surface area contributed by atoms with Crippen molar-refractivity contribution < 1.29 is 14.3 Å². The van der Waals surface area contributed by atoms with Crippen LogP contribution in [-0.2, 0) is 11.3 Å². The van der Waals surface area contributed by atoms with Gasteiger partial charge in [-0.3, -0.25) is 10.1 Å². The minimum atomic E-state index is -0.636. The molecule has 21 heavy (non-hydrogen) atoms. The number of nitrogens with zero attached hydrogens (tertiary/aromatic N) is 5. The molecule has 0 aliphatic rings. The predicted molar refractivity (Wildman–Crippen MR) is 72.7 cm³/mol. The van der Waals surface area contributed by atoms with Gasteiger partial charge in [0.2, 0.25) is 0 Å². The summed E-state index contributed by atoms with van der Waals surface area (Å²) in [6.45, 7) is 3.56. The number of amides is 1. The standard InChI is InChI=1S/C11H15N7O3/c1-3-21-11(20)13-9-5-17(16-14-9)6-10(19)18-8(12)4-7(2)15-18/h4-5H,3,6,12H2,1-2H3,(H,13,20). The molecular formula is C11H15N7O3. The van der Waals surface area contributed by atoms with Gasteiger partial charge in [0, 0.05) is 6.07 Å². The van der Waals surface area contributed by atoms with Crippen molar-refractivity contribution in [2.45, 2.75) is 20.4 Å². The lowest BCUT2D eigenvalue weighted by atomic mass is 10.5. The molecule has 0 aliphatic heterocycles. The highest BCUT2D eigenvalue weighted by atomic mass is 16.5. The highest BCUT2D eigenvalue weighted by Gasteiger charge is 2.13. The SMILES string of the molecule is CCOC(=O)Nc1cn(CC(=O)n2nc(C)cc2N)nn1. The Bertz CT molecular complexity index is 661. The summed E-state index contributed by atoms with van der Waals surface area (Å²) in [6.07, 6.45) is 0.768. The summed E-state index contributed by atoms with van der Waals surface area (Å²) in [5.41, 5.74) is 6.30. The van der Waals surface area contributed by atoms with Crippen molar-refractivity contribution in [1.29, 1.82) is 0 Å². The van der Waals surface area contributed by atoms with Crippen LogP contribution in [0.5, 0.6) is 0 Å². The fraction of sp³-hybridized carbons (Fsp3) is 0.364. The van der Waals surface area contributed by atoms with Gasteiger partial charge in [-0.2, -0.15) is 9.78 Å². The van der Waals surface area contributed by atoms with Crippen LogP contribution in [0.25, 0.3) is 0 Å². The maximum Gasteiger partial charge on any atom is 0.412 e. The predicted octanol–water partition coefficient (Wildman–Crippen LogP) is 0.274. The maximum atomic E-state index is 12.0. The topological polar surface area (TPSA) is 130 Å². The van der Waals surface area contributed by atoms with Gasteiger partial charge < -0.3 is 10.5 Å². The van der Waals surface area contributed by atoms with E-state index >= 15 is 0 Å². The summed E-state index contributed by atoms with van der Waals surface area (Å²) in [4.78, 5) is 23.2. The lowest BCUT2D eigenvalue weighted by molar-refractivity contribution is 0.0872. The molecule has 0 radical (unpaired) electrons. The van der Waals surface area contributed by atoms with Crippen LogP contribution in [0.4, 0.5) is 16.4 Å². The second-order valence-electron chi connectivity index (χ2n) is 4.16. The summed E-state index contributed by atoms with van der Waals surface area (Å²) in [7, 11) is 0. The Hall–Kier alpha value is -2.91. The number of carbonyl (C=O) groups is 2. The number of carbonyl (C=O) groups excluding carboxylic acids is 2. The van der Waals surface area contributed by atoms with Crippen molar-refractivity contribution in [2.75, 3.05) is 17.7 Å². The first-order chi connectivity index (χ1) is 9.99. The van der Waals surface area contributed by atoms with E-state index in [1.165, 1.54) is 10.9 Å². The summed E-state index contributed by atoms with van der Waals surface area (Å²) >= 11 is 0. The summed E-state index contributed by atoms with van der Waals surface area (Å²) < 4.78 is 7.06. The molecule has 0 saturated heterocycles. The van der Waals surface area contributed by atoms with Gasteiger partial charge >= 0.3 is 6.09 Å². The third-order valence-corrected chi connectivity index (χ3v) is 2.44. The molecule has 2 rings (SSSR count). The minimum Gasteiger partial charge on any atom is -0.450 e. The fourth-order valence-corrected chi connectivity index (χ4v) is 1.63. The van der Waals surface area contributed by atoms with E-state index in [-0.39, 0.29) is 30.7 Å². The number of hydrogen-bond donors (Lipinski definition) is 2. The van der Waals surface area contributed by atoms with E-state index in [2.05, 4.69) is 20.7 Å². The molecule has 0 atom stereocenters. The van der Waals surface area contributed by atoms with Crippen molar-refractivity contribution in [3.8, 4) is 0 Å². The Kier molecular flexibility index (Phi) is 4.16. The molecule has 0 spiro atoms. The smallest absolute Gasteiger partial charge is 0.412 e. The average molecular weight is 293 g/mol. The van der Waals surface area contributed by atoms with Crippen LogP contribution in [-0.4, -0.2) is 43.4 Å². The normalized spacial score (nSPS) is 10.4. The quantitative estimate of drug-likeness (QED) is 0.827.